The number of anilines is 21. The summed E-state index contributed by atoms with van der Waals surface area (Å²) in [5.74, 6) is -5.15. The summed E-state index contributed by atoms with van der Waals surface area (Å²) in [5.41, 5.74) is 13.8. The van der Waals surface area contributed by atoms with Crippen molar-refractivity contribution in [2.75, 3.05) is 34.3 Å². The Balaban J connectivity index is 0.837. The number of ether oxygens (including phenoxy) is 1. The van der Waals surface area contributed by atoms with E-state index in [-0.39, 0.29) is 34.0 Å². The second-order valence-corrected chi connectivity index (χ2v) is 36.3. The van der Waals surface area contributed by atoms with Crippen LogP contribution in [0.1, 0.15) is 0 Å². The summed E-state index contributed by atoms with van der Waals surface area (Å²) in [6, 6.07) is 120. The Hall–Kier alpha value is -16.2. The van der Waals surface area contributed by atoms with Crippen LogP contribution in [0.25, 0.3) is 47.7 Å². The molecule has 0 amide bonds. The van der Waals surface area contributed by atoms with E-state index < -0.39 is 77.9 Å². The zero-order valence-corrected chi connectivity index (χ0v) is 71.8. The summed E-state index contributed by atoms with van der Waals surface area (Å²) in [5, 5.41) is 2.62. The second-order valence-electron chi connectivity index (χ2n) is 34.2. The Labute approximate surface area is 767 Å². The summed E-state index contributed by atoms with van der Waals surface area (Å²) in [6.45, 7) is -2.70. The molecule has 18 aromatic carbocycles. The minimum atomic E-state index is -1.16. The number of aromatic nitrogens is 1. The molecule has 0 radical (unpaired) electrons. The predicted molar refractivity (Wildman–Crippen MR) is 535 cm³/mol. The highest BCUT2D eigenvalue weighted by Crippen LogP contribution is 2.58. The van der Waals surface area contributed by atoms with Gasteiger partial charge in [0.25, 0.3) is 20.1 Å². The Morgan fingerprint density at radius 1 is 0.241 bits per heavy atom. The molecule has 6 aliphatic heterocycles. The number of halogens is 7. The van der Waals surface area contributed by atoms with Crippen LogP contribution in [0.15, 0.2) is 388 Å². The molecule has 9 nitrogen and oxygen atoms in total. The number of rotatable bonds is 13. The van der Waals surface area contributed by atoms with Crippen LogP contribution in [0.5, 0.6) is 11.5 Å². The first-order valence-corrected chi connectivity index (χ1v) is 45.6. The van der Waals surface area contributed by atoms with Crippen LogP contribution in [0, 0.1) is 40.7 Å². The molecule has 0 saturated carbocycles. The fourth-order valence-corrected chi connectivity index (χ4v) is 24.5. The third-order valence-corrected chi connectivity index (χ3v) is 29.5. The van der Waals surface area contributed by atoms with Gasteiger partial charge in [0.15, 0.2) is 0 Å². The fourth-order valence-electron chi connectivity index (χ4n) is 22.0. The lowest BCUT2D eigenvalue weighted by molar-refractivity contribution is 0.494. The Morgan fingerprint density at radius 3 is 1.10 bits per heavy atom. The van der Waals surface area contributed by atoms with Gasteiger partial charge in [-0.25, -0.2) is 30.7 Å². The van der Waals surface area contributed by atoms with Crippen LogP contribution in [0.2, 0.25) is 0 Å². The maximum Gasteiger partial charge on any atom is 0.268 e. The van der Waals surface area contributed by atoms with Crippen molar-refractivity contribution in [1.82, 2.24) is 4.57 Å². The topological polar surface area (TPSA) is 36.8 Å². The highest BCUT2D eigenvalue weighted by molar-refractivity contribution is 7.34. The largest absolute Gasteiger partial charge is 0.457 e. The quantitative estimate of drug-likeness (QED) is 0.0835. The molecule has 628 valence electrons. The van der Waals surface area contributed by atoms with E-state index >= 15 is 30.7 Å². The lowest BCUT2D eigenvalue weighted by Crippen LogP contribution is -2.66. The first-order valence-electron chi connectivity index (χ1n) is 44.0. The fraction of sp³-hybridized carbons (Fsp3) is 0. The summed E-state index contributed by atoms with van der Waals surface area (Å²) in [4.78, 5) is 13.4. The molecule has 0 saturated heterocycles. The molecule has 9 heterocycles. The minimum Gasteiger partial charge on any atom is -0.457 e. The number of thiophene rings is 2. The standard InChI is InChI=1S/C112H64B3F7N8OS2/c116-82-47-26-46-77-99-105-80(63-81-106(99)129(103(77)82)95-60-74(125(69-38-16-5-17-39-69)70-40-18-6-19-41-70)61-96-102(95)115(81)112-110(131-96)76-45-23-25-55-98(76)133-112)113-78-62-79-90(64-89(78)127(107-83(117)48-27-49-84(107)118)92-57-73(124(67-34-12-3-13-35-67)68-36-14-4-15-37-68)59-94(100(92)113)130(105)109-87(121)52-29-53-88(109)122)128(108-85(119)50-28-51-86(108)120)93-58-72(123(65-30-8-1-9-31-65)66-32-10-2-11-33-66)56-91-101(93)114(79)111-104(75-44-22-24-54-97(75)132-111)126(91)71-42-20-7-21-43-71/h1-64H. The van der Waals surface area contributed by atoms with Gasteiger partial charge in [-0.1, -0.05) is 200 Å². The van der Waals surface area contributed by atoms with E-state index in [9.17, 15) is 0 Å². The molecule has 0 bridgehead atoms. The molecule has 0 N–H and O–H groups in total. The van der Waals surface area contributed by atoms with E-state index in [4.69, 9.17) is 4.74 Å². The monoisotopic (exact) mass is 1770 g/mol. The van der Waals surface area contributed by atoms with Gasteiger partial charge in [-0.2, -0.15) is 0 Å². The Bertz CT molecular complexity index is 8320. The van der Waals surface area contributed by atoms with Gasteiger partial charge in [0.05, 0.1) is 39.5 Å². The van der Waals surface area contributed by atoms with Gasteiger partial charge in [-0.15, -0.1) is 22.7 Å². The molecule has 21 heteroatoms. The number of hydrogen-bond donors (Lipinski definition) is 0. The molecule has 0 aliphatic carbocycles. The molecule has 21 aromatic rings. The molecular formula is C112H64B3F7N8OS2. The van der Waals surface area contributed by atoms with Crippen molar-refractivity contribution in [3.05, 3.63) is 429 Å². The van der Waals surface area contributed by atoms with E-state index in [0.29, 0.717) is 106 Å². The predicted octanol–water partition coefficient (Wildman–Crippen LogP) is 25.7. The average molecular weight is 1770 g/mol. The minimum absolute atomic E-state index is 0.167. The maximum absolute atomic E-state index is 19.1. The second kappa shape index (κ2) is 29.4. The van der Waals surface area contributed by atoms with Crippen LogP contribution in [-0.2, 0) is 0 Å². The molecule has 0 spiro atoms. The van der Waals surface area contributed by atoms with Crippen molar-refractivity contribution >= 4 is 252 Å². The number of benzene rings is 18. The van der Waals surface area contributed by atoms with E-state index in [1.54, 1.807) is 43.4 Å². The van der Waals surface area contributed by atoms with Crippen molar-refractivity contribution in [1.29, 1.82) is 0 Å². The third-order valence-electron chi connectivity index (χ3n) is 27.1. The summed E-state index contributed by atoms with van der Waals surface area (Å²) in [7, 11) is 0. The zero-order valence-electron chi connectivity index (χ0n) is 70.1. The van der Waals surface area contributed by atoms with Crippen LogP contribution in [-0.4, -0.2) is 24.7 Å². The third kappa shape index (κ3) is 11.2. The van der Waals surface area contributed by atoms with E-state index in [2.05, 4.69) is 81.4 Å². The molecule has 6 aliphatic rings. The lowest BCUT2D eigenvalue weighted by atomic mass is 9.30. The van der Waals surface area contributed by atoms with Gasteiger partial charge in [0.1, 0.15) is 69.3 Å². The number of hydrogen-bond acceptors (Lipinski definition) is 10. The van der Waals surface area contributed by atoms with Crippen molar-refractivity contribution in [3.8, 4) is 17.2 Å². The van der Waals surface area contributed by atoms with Gasteiger partial charge < -0.3 is 43.6 Å². The zero-order chi connectivity index (χ0) is 88.4. The molecule has 133 heavy (non-hydrogen) atoms. The first-order chi connectivity index (χ1) is 65.5. The summed E-state index contributed by atoms with van der Waals surface area (Å²) in [6.07, 6.45) is 0. The number of fused-ring (bicyclic) bond motifs is 20. The summed E-state index contributed by atoms with van der Waals surface area (Å²) < 4.78 is 146. The maximum atomic E-state index is 19.1. The molecule has 0 fully saturated rings. The van der Waals surface area contributed by atoms with Crippen LogP contribution in [0.3, 0.4) is 0 Å². The van der Waals surface area contributed by atoms with Crippen LogP contribution >= 0.6 is 22.7 Å². The van der Waals surface area contributed by atoms with E-state index in [1.807, 2.05) is 264 Å². The molecule has 0 unspecified atom stereocenters. The van der Waals surface area contributed by atoms with Crippen LogP contribution in [0.4, 0.5) is 150 Å². The Morgan fingerprint density at radius 2 is 0.602 bits per heavy atom. The first kappa shape index (κ1) is 76.8. The molecular weight excluding hydrogens is 1700 g/mol. The highest BCUT2D eigenvalue weighted by atomic mass is 32.1. The normalized spacial score (nSPS) is 13.2. The Kier molecular flexibility index (Phi) is 17.0. The smallest absolute Gasteiger partial charge is 0.268 e. The van der Waals surface area contributed by atoms with Gasteiger partial charge in [0, 0.05) is 126 Å². The average Bonchev–Trinajstić information content (AvgIpc) is 1.61. The van der Waals surface area contributed by atoms with Crippen molar-refractivity contribution in [2.24, 2.45) is 0 Å². The highest BCUT2D eigenvalue weighted by Gasteiger charge is 2.54. The summed E-state index contributed by atoms with van der Waals surface area (Å²) >= 11 is 3.20. The van der Waals surface area contributed by atoms with E-state index in [1.165, 1.54) is 60.7 Å². The molecule has 3 aromatic heterocycles. The van der Waals surface area contributed by atoms with Crippen molar-refractivity contribution < 1.29 is 35.5 Å². The van der Waals surface area contributed by atoms with E-state index in [0.717, 1.165) is 69.3 Å². The van der Waals surface area contributed by atoms with Gasteiger partial charge in [-0.05, 0) is 220 Å². The van der Waals surface area contributed by atoms with Crippen molar-refractivity contribution in [2.45, 2.75) is 0 Å². The van der Waals surface area contributed by atoms with Gasteiger partial charge in [-0.3, -0.25) is 0 Å². The van der Waals surface area contributed by atoms with Gasteiger partial charge >= 0.3 is 0 Å². The van der Waals surface area contributed by atoms with Crippen molar-refractivity contribution in [3.63, 3.8) is 0 Å². The van der Waals surface area contributed by atoms with Crippen LogP contribution < -0.4 is 86.8 Å². The SMILES string of the molecule is Fc1cccc(F)c1N1c2cc3c(cc2B2c4sc5ccccc5c4N(c4ccccc4)c4cc(N(c5ccccc5)c5ccccc5)cc1c42)B1c2cc4c5c(c2N(c2c(F)cccc2F)c2cc(N(c6ccccc6)c6ccccc6)cc(c21)N3c1c(F)cccc1F)c1cccc(F)c1n5-c1cc(N(c2ccccc2)c2ccccc2)cc2c1B4c1sc3ccccc3c1O2. The number of para-hydroxylation sites is 11. The van der Waals surface area contributed by atoms with Gasteiger partial charge in [0.2, 0.25) is 0 Å². The molecule has 27 rings (SSSR count). The number of nitrogens with zero attached hydrogens (tertiary/aromatic N) is 8. The lowest BCUT2D eigenvalue weighted by Gasteiger charge is -2.48. The molecule has 0 atom stereocenters.